The summed E-state index contributed by atoms with van der Waals surface area (Å²) < 4.78 is 4.94. The van der Waals surface area contributed by atoms with E-state index in [2.05, 4.69) is 24.1 Å². The van der Waals surface area contributed by atoms with Crippen LogP contribution < -0.4 is 11.1 Å². The summed E-state index contributed by atoms with van der Waals surface area (Å²) >= 11 is 0. The van der Waals surface area contributed by atoms with Crippen molar-refractivity contribution >= 4 is 5.91 Å². The van der Waals surface area contributed by atoms with Gasteiger partial charge in [0.05, 0.1) is 6.04 Å². The van der Waals surface area contributed by atoms with Crippen LogP contribution in [0.15, 0.2) is 0 Å². The van der Waals surface area contributed by atoms with Crippen molar-refractivity contribution in [1.29, 1.82) is 0 Å². The van der Waals surface area contributed by atoms with Crippen molar-refractivity contribution in [3.8, 4) is 0 Å². The zero-order valence-corrected chi connectivity index (χ0v) is 12.2. The maximum atomic E-state index is 12.0. The highest BCUT2D eigenvalue weighted by Crippen LogP contribution is 2.04. The van der Waals surface area contributed by atoms with Crippen LogP contribution in [-0.4, -0.2) is 56.7 Å². The van der Waals surface area contributed by atoms with E-state index in [0.29, 0.717) is 25.6 Å². The van der Waals surface area contributed by atoms with Crippen molar-refractivity contribution < 1.29 is 9.53 Å². The van der Waals surface area contributed by atoms with Crippen LogP contribution in [-0.2, 0) is 9.53 Å². The fraction of sp³-hybridized carbons (Fsp3) is 0.923. The first kappa shape index (κ1) is 17.4. The van der Waals surface area contributed by atoms with Gasteiger partial charge in [0, 0.05) is 26.8 Å². The van der Waals surface area contributed by atoms with Gasteiger partial charge >= 0.3 is 0 Å². The number of nitrogens with two attached hydrogens (primary N) is 1. The second-order valence-corrected chi connectivity index (χ2v) is 4.74. The van der Waals surface area contributed by atoms with Crippen LogP contribution in [0.3, 0.4) is 0 Å². The maximum absolute atomic E-state index is 12.0. The average molecular weight is 259 g/mol. The van der Waals surface area contributed by atoms with Crippen LogP contribution in [0.1, 0.15) is 27.2 Å². The van der Waals surface area contributed by atoms with Crippen molar-refractivity contribution in [2.45, 2.75) is 33.2 Å². The Morgan fingerprint density at radius 2 is 2.11 bits per heavy atom. The number of hydrogen-bond donors (Lipinski definition) is 2. The molecule has 0 radical (unpaired) electrons. The molecule has 0 aliphatic rings. The smallest absolute Gasteiger partial charge is 0.237 e. The third-order valence-electron chi connectivity index (χ3n) is 3.11. The van der Waals surface area contributed by atoms with E-state index in [1.807, 2.05) is 6.92 Å². The molecule has 0 saturated carbocycles. The predicted octanol–water partition coefficient (Wildman–Crippen LogP) is 0.444. The summed E-state index contributed by atoms with van der Waals surface area (Å²) in [6.07, 6.45) is 0.848. The molecule has 18 heavy (non-hydrogen) atoms. The number of amides is 1. The molecule has 5 heteroatoms. The van der Waals surface area contributed by atoms with Crippen LogP contribution in [0.25, 0.3) is 0 Å². The lowest BCUT2D eigenvalue weighted by atomic mass is 10.1. The lowest BCUT2D eigenvalue weighted by Gasteiger charge is -2.29. The first-order chi connectivity index (χ1) is 8.56. The molecule has 0 aromatic heterocycles. The zero-order valence-electron chi connectivity index (χ0n) is 12.2. The van der Waals surface area contributed by atoms with Crippen LogP contribution >= 0.6 is 0 Å². The number of carbonyl (C=O) groups excluding carboxylic acids is 1. The van der Waals surface area contributed by atoms with Crippen molar-refractivity contribution in [3.63, 3.8) is 0 Å². The molecular weight excluding hydrogens is 230 g/mol. The Balaban J connectivity index is 4.06. The minimum Gasteiger partial charge on any atom is -0.385 e. The molecule has 0 heterocycles. The molecule has 0 fully saturated rings. The van der Waals surface area contributed by atoms with E-state index < -0.39 is 0 Å². The maximum Gasteiger partial charge on any atom is 0.237 e. The highest BCUT2D eigenvalue weighted by molar-refractivity contribution is 5.81. The van der Waals surface area contributed by atoms with Gasteiger partial charge in [0.2, 0.25) is 5.91 Å². The Morgan fingerprint density at radius 3 is 2.61 bits per heavy atom. The minimum absolute atomic E-state index is 0.0807. The first-order valence-corrected chi connectivity index (χ1v) is 6.77. The van der Waals surface area contributed by atoms with E-state index in [9.17, 15) is 4.79 Å². The van der Waals surface area contributed by atoms with Gasteiger partial charge in [-0.25, -0.2) is 0 Å². The van der Waals surface area contributed by atoms with E-state index in [0.717, 1.165) is 19.5 Å². The Morgan fingerprint density at radius 1 is 1.44 bits per heavy atom. The van der Waals surface area contributed by atoms with E-state index in [1.165, 1.54) is 0 Å². The van der Waals surface area contributed by atoms with Gasteiger partial charge in [0.15, 0.2) is 0 Å². The van der Waals surface area contributed by atoms with E-state index in [4.69, 9.17) is 10.5 Å². The summed E-state index contributed by atoms with van der Waals surface area (Å²) in [6, 6.07) is -0.105. The molecule has 2 unspecified atom stereocenters. The molecule has 5 nitrogen and oxygen atoms in total. The fourth-order valence-electron chi connectivity index (χ4n) is 1.78. The zero-order chi connectivity index (χ0) is 14.0. The van der Waals surface area contributed by atoms with Gasteiger partial charge in [0.25, 0.3) is 0 Å². The largest absolute Gasteiger partial charge is 0.385 e. The SMILES string of the molecule is CCN(CC(C)CN)C(C)C(=O)NCCCOC. The highest BCUT2D eigenvalue weighted by Gasteiger charge is 2.20. The Labute approximate surface area is 111 Å². The lowest BCUT2D eigenvalue weighted by molar-refractivity contribution is -0.126. The molecule has 0 bridgehead atoms. The standard InChI is InChI=1S/C13H29N3O2/c1-5-16(10-11(2)9-14)12(3)13(17)15-7-6-8-18-4/h11-12H,5-10,14H2,1-4H3,(H,15,17). The molecule has 0 aromatic carbocycles. The van der Waals surface area contributed by atoms with Crippen molar-refractivity contribution in [3.05, 3.63) is 0 Å². The van der Waals surface area contributed by atoms with Gasteiger partial charge < -0.3 is 15.8 Å². The van der Waals surface area contributed by atoms with Gasteiger partial charge in [-0.3, -0.25) is 9.69 Å². The van der Waals surface area contributed by atoms with Crippen molar-refractivity contribution in [2.24, 2.45) is 11.7 Å². The number of methoxy groups -OCH3 is 1. The third kappa shape index (κ3) is 6.93. The number of nitrogens with one attached hydrogen (secondary N) is 1. The highest BCUT2D eigenvalue weighted by atomic mass is 16.5. The van der Waals surface area contributed by atoms with Gasteiger partial charge in [-0.15, -0.1) is 0 Å². The van der Waals surface area contributed by atoms with E-state index >= 15 is 0 Å². The van der Waals surface area contributed by atoms with Crippen molar-refractivity contribution in [2.75, 3.05) is 39.9 Å². The average Bonchev–Trinajstić information content (AvgIpc) is 2.39. The second kappa shape index (κ2) is 10.3. The number of nitrogens with zero attached hydrogens (tertiary/aromatic N) is 1. The summed E-state index contributed by atoms with van der Waals surface area (Å²) in [7, 11) is 1.66. The number of ether oxygens (including phenoxy) is 1. The lowest BCUT2D eigenvalue weighted by Crippen LogP contribution is -2.47. The molecule has 0 aliphatic heterocycles. The van der Waals surface area contributed by atoms with Gasteiger partial charge in [0.1, 0.15) is 0 Å². The predicted molar refractivity (Wildman–Crippen MR) is 74.4 cm³/mol. The molecule has 2 atom stereocenters. The van der Waals surface area contributed by atoms with Gasteiger partial charge in [-0.05, 0) is 32.4 Å². The molecular formula is C13H29N3O2. The number of rotatable bonds is 10. The summed E-state index contributed by atoms with van der Waals surface area (Å²) in [5.41, 5.74) is 5.62. The van der Waals surface area contributed by atoms with Crippen molar-refractivity contribution in [1.82, 2.24) is 10.2 Å². The molecule has 1 amide bonds. The Kier molecular flexibility index (Phi) is 9.92. The molecule has 0 spiro atoms. The monoisotopic (exact) mass is 259 g/mol. The van der Waals surface area contributed by atoms with Gasteiger partial charge in [-0.2, -0.15) is 0 Å². The molecule has 3 N–H and O–H groups in total. The van der Waals surface area contributed by atoms with Crippen LogP contribution in [0.5, 0.6) is 0 Å². The summed E-state index contributed by atoms with van der Waals surface area (Å²) in [6.45, 7) is 9.83. The van der Waals surface area contributed by atoms with Gasteiger partial charge in [-0.1, -0.05) is 13.8 Å². The number of hydrogen-bond acceptors (Lipinski definition) is 4. The second-order valence-electron chi connectivity index (χ2n) is 4.74. The topological polar surface area (TPSA) is 67.6 Å². The van der Waals surface area contributed by atoms with E-state index in [-0.39, 0.29) is 11.9 Å². The van der Waals surface area contributed by atoms with Crippen LogP contribution in [0, 0.1) is 5.92 Å². The van der Waals surface area contributed by atoms with Crippen LogP contribution in [0.4, 0.5) is 0 Å². The first-order valence-electron chi connectivity index (χ1n) is 6.77. The fourth-order valence-corrected chi connectivity index (χ4v) is 1.78. The molecule has 108 valence electrons. The normalized spacial score (nSPS) is 14.6. The molecule has 0 saturated heterocycles. The number of likely N-dealkylation sites (N-methyl/N-ethyl adjacent to an activating group) is 1. The molecule has 0 aromatic rings. The third-order valence-corrected chi connectivity index (χ3v) is 3.11. The molecule has 0 rings (SSSR count). The number of carbonyl (C=O) groups is 1. The summed E-state index contributed by atoms with van der Waals surface area (Å²) in [4.78, 5) is 14.1. The molecule has 0 aliphatic carbocycles. The quantitative estimate of drug-likeness (QED) is 0.559. The summed E-state index contributed by atoms with van der Waals surface area (Å²) in [5.74, 6) is 0.492. The van der Waals surface area contributed by atoms with Crippen LogP contribution in [0.2, 0.25) is 0 Å². The Bertz CT molecular complexity index is 224. The summed E-state index contributed by atoms with van der Waals surface area (Å²) in [5, 5.41) is 2.93. The minimum atomic E-state index is -0.105. The Hall–Kier alpha value is -0.650. The van der Waals surface area contributed by atoms with E-state index in [1.54, 1.807) is 7.11 Å².